The van der Waals surface area contributed by atoms with Crippen molar-refractivity contribution in [2.75, 3.05) is 6.54 Å². The van der Waals surface area contributed by atoms with Gasteiger partial charge in [-0.25, -0.2) is 0 Å². The number of allylic oxidation sites excluding steroid dienone is 3. The maximum atomic E-state index is 4.04. The molecule has 1 fully saturated rings. The Kier molecular flexibility index (Phi) is 2.74. The molecule has 0 amide bonds. The van der Waals surface area contributed by atoms with Crippen molar-refractivity contribution in [1.29, 1.82) is 0 Å². The van der Waals surface area contributed by atoms with Crippen LogP contribution in [0.15, 0.2) is 37.6 Å². The van der Waals surface area contributed by atoms with E-state index in [1.807, 2.05) is 12.2 Å². The van der Waals surface area contributed by atoms with E-state index in [9.17, 15) is 0 Å². The van der Waals surface area contributed by atoms with Gasteiger partial charge in [-0.15, -0.1) is 13.2 Å². The Balaban J connectivity index is 2.76. The Labute approximate surface area is 74.9 Å². The van der Waals surface area contributed by atoms with Crippen molar-refractivity contribution in [2.45, 2.75) is 19.3 Å². The van der Waals surface area contributed by atoms with E-state index in [0.29, 0.717) is 0 Å². The molecule has 1 heterocycles. The first-order chi connectivity index (χ1) is 5.75. The second kappa shape index (κ2) is 3.61. The van der Waals surface area contributed by atoms with Crippen molar-refractivity contribution in [2.24, 2.45) is 5.41 Å². The SMILES string of the molecule is C=CCC1(CC=C)CCNC1=C. The van der Waals surface area contributed by atoms with Crippen molar-refractivity contribution in [1.82, 2.24) is 5.32 Å². The summed E-state index contributed by atoms with van der Waals surface area (Å²) in [6.07, 6.45) is 7.11. The van der Waals surface area contributed by atoms with E-state index in [4.69, 9.17) is 0 Å². The Hall–Kier alpha value is -0.980. The smallest absolute Gasteiger partial charge is 0.0180 e. The normalized spacial score (nSPS) is 20.2. The van der Waals surface area contributed by atoms with Gasteiger partial charge in [-0.05, 0) is 19.3 Å². The highest BCUT2D eigenvalue weighted by molar-refractivity contribution is 5.17. The molecular weight excluding hydrogens is 146 g/mol. The second-order valence-corrected chi connectivity index (χ2v) is 3.42. The second-order valence-electron chi connectivity index (χ2n) is 3.42. The Morgan fingerprint density at radius 2 is 1.92 bits per heavy atom. The predicted molar refractivity (Wildman–Crippen MR) is 53.8 cm³/mol. The lowest BCUT2D eigenvalue weighted by molar-refractivity contribution is 0.382. The lowest BCUT2D eigenvalue weighted by Gasteiger charge is -2.26. The average Bonchev–Trinajstić information content (AvgIpc) is 2.35. The third-order valence-corrected chi connectivity index (χ3v) is 2.65. The van der Waals surface area contributed by atoms with Crippen LogP contribution >= 0.6 is 0 Å². The minimum Gasteiger partial charge on any atom is -0.388 e. The van der Waals surface area contributed by atoms with E-state index < -0.39 is 0 Å². The summed E-state index contributed by atoms with van der Waals surface area (Å²) < 4.78 is 0. The predicted octanol–water partition coefficient (Wildman–Crippen LogP) is 2.63. The van der Waals surface area contributed by atoms with Gasteiger partial charge in [0.05, 0.1) is 0 Å². The van der Waals surface area contributed by atoms with Crippen LogP contribution in [-0.2, 0) is 0 Å². The standard InChI is InChI=1S/C11H17N/c1-4-6-11(7-5-2)8-9-12-10(11)3/h4-5,12H,1-3,6-9H2. The van der Waals surface area contributed by atoms with Crippen molar-refractivity contribution < 1.29 is 0 Å². The van der Waals surface area contributed by atoms with Gasteiger partial charge in [0.2, 0.25) is 0 Å². The van der Waals surface area contributed by atoms with Gasteiger partial charge in [-0.2, -0.15) is 0 Å². The van der Waals surface area contributed by atoms with Crippen molar-refractivity contribution >= 4 is 0 Å². The molecule has 0 aromatic carbocycles. The van der Waals surface area contributed by atoms with Gasteiger partial charge in [0.15, 0.2) is 0 Å². The van der Waals surface area contributed by atoms with Crippen LogP contribution in [0.25, 0.3) is 0 Å². The Morgan fingerprint density at radius 3 is 2.25 bits per heavy atom. The summed E-state index contributed by atoms with van der Waals surface area (Å²) in [7, 11) is 0. The fraction of sp³-hybridized carbons (Fsp3) is 0.455. The van der Waals surface area contributed by atoms with Crippen LogP contribution in [0, 0.1) is 5.41 Å². The van der Waals surface area contributed by atoms with Crippen LogP contribution in [0.5, 0.6) is 0 Å². The first-order valence-corrected chi connectivity index (χ1v) is 4.40. The highest BCUT2D eigenvalue weighted by Gasteiger charge is 2.34. The van der Waals surface area contributed by atoms with Gasteiger partial charge < -0.3 is 5.32 Å². The van der Waals surface area contributed by atoms with Gasteiger partial charge in [0.1, 0.15) is 0 Å². The van der Waals surface area contributed by atoms with E-state index in [2.05, 4.69) is 25.1 Å². The Morgan fingerprint density at radius 1 is 1.33 bits per heavy atom. The zero-order chi connectivity index (χ0) is 9.03. The molecule has 12 heavy (non-hydrogen) atoms. The maximum absolute atomic E-state index is 4.04. The van der Waals surface area contributed by atoms with E-state index in [0.717, 1.165) is 31.5 Å². The monoisotopic (exact) mass is 163 g/mol. The molecule has 0 aromatic heterocycles. The quantitative estimate of drug-likeness (QED) is 0.628. The minimum absolute atomic E-state index is 0.212. The van der Waals surface area contributed by atoms with E-state index in [1.54, 1.807) is 0 Å². The summed E-state index contributed by atoms with van der Waals surface area (Å²) in [6.45, 7) is 12.6. The van der Waals surface area contributed by atoms with Gasteiger partial charge >= 0.3 is 0 Å². The lowest BCUT2D eigenvalue weighted by Crippen LogP contribution is -2.19. The van der Waals surface area contributed by atoms with Crippen LogP contribution in [-0.4, -0.2) is 6.54 Å². The topological polar surface area (TPSA) is 12.0 Å². The lowest BCUT2D eigenvalue weighted by atomic mass is 9.78. The molecule has 1 nitrogen and oxygen atoms in total. The molecule has 1 rings (SSSR count). The number of rotatable bonds is 4. The molecule has 1 aliphatic heterocycles. The largest absolute Gasteiger partial charge is 0.388 e. The van der Waals surface area contributed by atoms with E-state index in [-0.39, 0.29) is 5.41 Å². The Bertz CT molecular complexity index is 193. The van der Waals surface area contributed by atoms with Crippen molar-refractivity contribution in [3.63, 3.8) is 0 Å². The number of nitrogens with one attached hydrogen (secondary N) is 1. The molecule has 0 bridgehead atoms. The van der Waals surface area contributed by atoms with Crippen molar-refractivity contribution in [3.05, 3.63) is 37.6 Å². The molecule has 0 saturated carbocycles. The van der Waals surface area contributed by atoms with Crippen LogP contribution in [0.1, 0.15) is 19.3 Å². The van der Waals surface area contributed by atoms with Crippen LogP contribution in [0.4, 0.5) is 0 Å². The summed E-state index contributed by atoms with van der Waals surface area (Å²) in [5, 5.41) is 3.29. The molecule has 1 heteroatoms. The average molecular weight is 163 g/mol. The molecule has 66 valence electrons. The van der Waals surface area contributed by atoms with Gasteiger partial charge in [-0.3, -0.25) is 0 Å². The number of hydrogen-bond acceptors (Lipinski definition) is 1. The van der Waals surface area contributed by atoms with E-state index >= 15 is 0 Å². The molecule has 0 atom stereocenters. The fourth-order valence-corrected chi connectivity index (χ4v) is 1.88. The summed E-state index contributed by atoms with van der Waals surface area (Å²) >= 11 is 0. The summed E-state index contributed by atoms with van der Waals surface area (Å²) in [4.78, 5) is 0. The molecule has 1 saturated heterocycles. The zero-order valence-corrected chi connectivity index (χ0v) is 7.60. The zero-order valence-electron chi connectivity index (χ0n) is 7.60. The minimum atomic E-state index is 0.212. The molecule has 1 aliphatic rings. The van der Waals surface area contributed by atoms with Crippen LogP contribution in [0.3, 0.4) is 0 Å². The van der Waals surface area contributed by atoms with Crippen LogP contribution in [0.2, 0.25) is 0 Å². The summed E-state index contributed by atoms with van der Waals surface area (Å²) in [6, 6.07) is 0. The molecule has 0 radical (unpaired) electrons. The van der Waals surface area contributed by atoms with Gasteiger partial charge in [0, 0.05) is 17.7 Å². The molecule has 0 unspecified atom stereocenters. The number of hydrogen-bond donors (Lipinski definition) is 1. The van der Waals surface area contributed by atoms with E-state index in [1.165, 1.54) is 0 Å². The third-order valence-electron chi connectivity index (χ3n) is 2.65. The molecule has 1 N–H and O–H groups in total. The third kappa shape index (κ3) is 1.45. The van der Waals surface area contributed by atoms with Gasteiger partial charge in [-0.1, -0.05) is 18.7 Å². The summed E-state index contributed by atoms with van der Waals surface area (Å²) in [5.41, 5.74) is 1.37. The first kappa shape index (κ1) is 9.11. The first-order valence-electron chi connectivity index (χ1n) is 4.40. The highest BCUT2D eigenvalue weighted by atomic mass is 14.9. The van der Waals surface area contributed by atoms with Crippen molar-refractivity contribution in [3.8, 4) is 0 Å². The summed E-state index contributed by atoms with van der Waals surface area (Å²) in [5.74, 6) is 0. The highest BCUT2D eigenvalue weighted by Crippen LogP contribution is 2.40. The van der Waals surface area contributed by atoms with Crippen LogP contribution < -0.4 is 5.32 Å². The molecule has 0 aromatic rings. The maximum Gasteiger partial charge on any atom is 0.0180 e. The molecule has 0 spiro atoms. The molecular formula is C11H17N. The molecule has 0 aliphatic carbocycles. The fourth-order valence-electron chi connectivity index (χ4n) is 1.88. The van der Waals surface area contributed by atoms with Gasteiger partial charge in [0.25, 0.3) is 0 Å².